The van der Waals surface area contributed by atoms with E-state index in [1.807, 2.05) is 6.92 Å². The third-order valence-electron chi connectivity index (χ3n) is 6.10. The Balaban J connectivity index is 1.45. The molecule has 2 atom stereocenters. The quantitative estimate of drug-likeness (QED) is 0.324. The number of nitrogens with one attached hydrogen (secondary N) is 1. The van der Waals surface area contributed by atoms with Crippen molar-refractivity contribution in [2.24, 2.45) is 10.7 Å². The summed E-state index contributed by atoms with van der Waals surface area (Å²) in [4.78, 5) is 17.2. The lowest BCUT2D eigenvalue weighted by Crippen LogP contribution is -2.43. The predicted molar refractivity (Wildman–Crippen MR) is 139 cm³/mol. The van der Waals surface area contributed by atoms with Crippen molar-refractivity contribution in [2.45, 2.75) is 37.2 Å². The highest BCUT2D eigenvalue weighted by Crippen LogP contribution is 2.46. The molecule has 0 saturated carbocycles. The minimum absolute atomic E-state index is 0.0796. The summed E-state index contributed by atoms with van der Waals surface area (Å²) in [6, 6.07) is 6.15. The van der Waals surface area contributed by atoms with Crippen LogP contribution in [0, 0.1) is 11.6 Å². The molecule has 0 aliphatic carbocycles. The van der Waals surface area contributed by atoms with Crippen LogP contribution in [0.1, 0.15) is 31.7 Å². The minimum Gasteiger partial charge on any atom is -0.484 e. The SMILES string of the molecule is COC[C@@]1(C)C[C@@](C)(c2cc(Nc3nccc4cc(OCc5ncon5)cnc34)cc(F)c2F)N=C(N)S1. The molecule has 4 aromatic rings. The lowest BCUT2D eigenvalue weighted by molar-refractivity contribution is 0.157. The molecular formula is C25H25F2N7O3S. The van der Waals surface area contributed by atoms with Crippen molar-refractivity contribution in [3.8, 4) is 5.75 Å². The summed E-state index contributed by atoms with van der Waals surface area (Å²) in [5.74, 6) is -0.742. The maximum Gasteiger partial charge on any atom is 0.213 e. The van der Waals surface area contributed by atoms with Gasteiger partial charge < -0.3 is 25.0 Å². The van der Waals surface area contributed by atoms with Crippen LogP contribution in [0.15, 0.2) is 52.6 Å². The van der Waals surface area contributed by atoms with Gasteiger partial charge >= 0.3 is 0 Å². The van der Waals surface area contributed by atoms with E-state index >= 15 is 4.39 Å². The van der Waals surface area contributed by atoms with E-state index in [0.29, 0.717) is 41.6 Å². The molecule has 1 aliphatic rings. The van der Waals surface area contributed by atoms with Crippen LogP contribution in [-0.4, -0.2) is 43.7 Å². The molecule has 1 aliphatic heterocycles. The maximum atomic E-state index is 15.2. The van der Waals surface area contributed by atoms with Gasteiger partial charge in [-0.05, 0) is 38.5 Å². The van der Waals surface area contributed by atoms with Gasteiger partial charge in [-0.3, -0.25) is 4.99 Å². The highest BCUT2D eigenvalue weighted by atomic mass is 32.2. The van der Waals surface area contributed by atoms with Crippen molar-refractivity contribution in [3.63, 3.8) is 0 Å². The fourth-order valence-electron chi connectivity index (χ4n) is 4.67. The van der Waals surface area contributed by atoms with Gasteiger partial charge in [0.25, 0.3) is 0 Å². The van der Waals surface area contributed by atoms with Gasteiger partial charge in [0.05, 0.1) is 18.3 Å². The van der Waals surface area contributed by atoms with E-state index in [4.69, 9.17) is 19.7 Å². The summed E-state index contributed by atoms with van der Waals surface area (Å²) in [6.07, 6.45) is 4.72. The van der Waals surface area contributed by atoms with Crippen molar-refractivity contribution < 1.29 is 22.8 Å². The second kappa shape index (κ2) is 10.1. The number of halogens is 2. The predicted octanol–water partition coefficient (Wildman–Crippen LogP) is 4.69. The number of ether oxygens (including phenoxy) is 2. The molecule has 0 spiro atoms. The third-order valence-corrected chi connectivity index (χ3v) is 7.15. The van der Waals surface area contributed by atoms with Crippen molar-refractivity contribution in [1.82, 2.24) is 20.1 Å². The molecule has 0 fully saturated rings. The molecule has 3 aromatic heterocycles. The van der Waals surface area contributed by atoms with Gasteiger partial charge in [-0.1, -0.05) is 16.9 Å². The highest BCUT2D eigenvalue weighted by Gasteiger charge is 2.44. The summed E-state index contributed by atoms with van der Waals surface area (Å²) in [6.45, 7) is 4.19. The van der Waals surface area contributed by atoms with E-state index in [0.717, 1.165) is 11.5 Å². The molecule has 0 bridgehead atoms. The number of benzene rings is 1. The standard InChI is InChI=1S/C25H25F2N7O3S/c1-24(12-35-3)11-25(2,33-23(28)38-24)17-7-15(8-18(26)20(17)27)32-22-21-14(4-5-29-22)6-16(9-30-21)36-10-19-31-13-37-34-19/h4-9,13H,10-12H2,1-3H3,(H2,28,33)(H,29,32)/t24-,25+/m1/s1. The van der Waals surface area contributed by atoms with E-state index in [1.165, 1.54) is 30.4 Å². The fraction of sp³-hybridized carbons (Fsp3) is 0.320. The normalized spacial score (nSPS) is 21.3. The number of anilines is 2. The largest absolute Gasteiger partial charge is 0.484 e. The Morgan fingerprint density at radius 1 is 1.18 bits per heavy atom. The van der Waals surface area contributed by atoms with Gasteiger partial charge in [0.2, 0.25) is 12.2 Å². The highest BCUT2D eigenvalue weighted by molar-refractivity contribution is 8.15. The fourth-order valence-corrected chi connectivity index (χ4v) is 5.95. The zero-order valence-corrected chi connectivity index (χ0v) is 21.7. The molecule has 198 valence electrons. The number of methoxy groups -OCH3 is 1. The van der Waals surface area contributed by atoms with E-state index < -0.39 is 21.9 Å². The summed E-state index contributed by atoms with van der Waals surface area (Å²) in [7, 11) is 1.59. The molecular weight excluding hydrogens is 516 g/mol. The number of aliphatic imine (C=N–C) groups is 1. The Hall–Kier alpha value is -3.84. The number of rotatable bonds is 8. The molecule has 0 amide bonds. The van der Waals surface area contributed by atoms with Crippen LogP contribution < -0.4 is 15.8 Å². The first-order valence-corrected chi connectivity index (χ1v) is 12.4. The number of nitrogens with zero attached hydrogens (tertiary/aromatic N) is 5. The van der Waals surface area contributed by atoms with Gasteiger partial charge in [0, 0.05) is 40.8 Å². The van der Waals surface area contributed by atoms with Crippen molar-refractivity contribution >= 4 is 39.3 Å². The van der Waals surface area contributed by atoms with Crippen LogP contribution >= 0.6 is 11.8 Å². The second-order valence-electron chi connectivity index (χ2n) is 9.37. The van der Waals surface area contributed by atoms with E-state index in [-0.39, 0.29) is 17.3 Å². The van der Waals surface area contributed by atoms with E-state index in [1.54, 1.807) is 32.4 Å². The van der Waals surface area contributed by atoms with Crippen LogP contribution in [0.3, 0.4) is 0 Å². The molecule has 5 rings (SSSR count). The number of hydrogen-bond acceptors (Lipinski definition) is 11. The molecule has 3 N–H and O–H groups in total. The lowest BCUT2D eigenvalue weighted by Gasteiger charge is -2.41. The van der Waals surface area contributed by atoms with E-state index in [2.05, 4.69) is 30.4 Å². The molecule has 10 nitrogen and oxygen atoms in total. The second-order valence-corrected chi connectivity index (χ2v) is 11.0. The Morgan fingerprint density at radius 3 is 2.79 bits per heavy atom. The van der Waals surface area contributed by atoms with Gasteiger partial charge in [-0.25, -0.2) is 18.7 Å². The Morgan fingerprint density at radius 2 is 2.03 bits per heavy atom. The van der Waals surface area contributed by atoms with Crippen LogP contribution in [0.2, 0.25) is 0 Å². The summed E-state index contributed by atoms with van der Waals surface area (Å²) in [5.41, 5.74) is 5.89. The third kappa shape index (κ3) is 5.24. The number of nitrogens with two attached hydrogens (primary N) is 1. The van der Waals surface area contributed by atoms with Crippen LogP contribution in [0.4, 0.5) is 20.3 Å². The smallest absolute Gasteiger partial charge is 0.213 e. The van der Waals surface area contributed by atoms with E-state index in [9.17, 15) is 4.39 Å². The van der Waals surface area contributed by atoms with Crippen molar-refractivity contribution in [1.29, 1.82) is 0 Å². The number of hydrogen-bond donors (Lipinski definition) is 2. The first-order valence-electron chi connectivity index (χ1n) is 11.6. The molecule has 0 unspecified atom stereocenters. The van der Waals surface area contributed by atoms with Gasteiger partial charge in [0.15, 0.2) is 29.2 Å². The number of pyridine rings is 2. The first kappa shape index (κ1) is 25.8. The van der Waals surface area contributed by atoms with Gasteiger partial charge in [0.1, 0.15) is 11.3 Å². The average molecular weight is 542 g/mol. The van der Waals surface area contributed by atoms with Gasteiger partial charge in [-0.15, -0.1) is 0 Å². The van der Waals surface area contributed by atoms with Crippen molar-refractivity contribution in [2.75, 3.05) is 19.0 Å². The summed E-state index contributed by atoms with van der Waals surface area (Å²) < 4.78 is 45.3. The minimum atomic E-state index is -1.11. The Kier molecular flexibility index (Phi) is 6.88. The molecule has 13 heteroatoms. The maximum absolute atomic E-state index is 15.2. The molecule has 1 aromatic carbocycles. The van der Waals surface area contributed by atoms with Crippen molar-refractivity contribution in [3.05, 3.63) is 66.1 Å². The van der Waals surface area contributed by atoms with Crippen LogP contribution in [0.25, 0.3) is 10.9 Å². The Bertz CT molecular complexity index is 1500. The number of thioether (sulfide) groups is 1. The molecule has 0 saturated heterocycles. The topological polar surface area (TPSA) is 134 Å². The Labute approximate surface area is 221 Å². The van der Waals surface area contributed by atoms with Crippen LogP contribution in [-0.2, 0) is 16.9 Å². The van der Waals surface area contributed by atoms with Gasteiger partial charge in [-0.2, -0.15) is 4.98 Å². The summed E-state index contributed by atoms with van der Waals surface area (Å²) in [5, 5.41) is 7.79. The first-order chi connectivity index (χ1) is 18.2. The molecule has 38 heavy (non-hydrogen) atoms. The molecule has 0 radical (unpaired) electrons. The zero-order chi connectivity index (χ0) is 26.9. The number of amidine groups is 1. The number of fused-ring (bicyclic) bond motifs is 1. The summed E-state index contributed by atoms with van der Waals surface area (Å²) >= 11 is 1.36. The zero-order valence-electron chi connectivity index (χ0n) is 20.9. The van der Waals surface area contributed by atoms with Crippen LogP contribution in [0.5, 0.6) is 5.75 Å². The monoisotopic (exact) mass is 541 g/mol. The number of aromatic nitrogens is 4. The average Bonchev–Trinajstić information content (AvgIpc) is 3.38. The molecule has 4 heterocycles. The lowest BCUT2D eigenvalue weighted by atomic mass is 9.83.